The minimum Gasteiger partial charge on any atom is -0.554 e. The Hall–Kier alpha value is -1.53. The van der Waals surface area contributed by atoms with Crippen LogP contribution in [0.5, 0.6) is 0 Å². The van der Waals surface area contributed by atoms with Gasteiger partial charge in [-0.25, -0.2) is 0 Å². The van der Waals surface area contributed by atoms with Crippen molar-refractivity contribution in [2.45, 2.75) is 34.6 Å². The van der Waals surface area contributed by atoms with Crippen LogP contribution in [0.2, 0.25) is 0 Å². The van der Waals surface area contributed by atoms with Crippen molar-refractivity contribution < 1.29 is 51.4 Å². The van der Waals surface area contributed by atoms with Crippen molar-refractivity contribution in [1.29, 1.82) is 0 Å². The number of carbonyl (C=O) groups excluding carboxylic acids is 3. The zero-order valence-electron chi connectivity index (χ0n) is 12.2. The first-order valence-corrected chi connectivity index (χ1v) is 5.16. The van der Waals surface area contributed by atoms with Gasteiger partial charge in [0, 0.05) is 19.4 Å². The van der Waals surface area contributed by atoms with Gasteiger partial charge in [-0.1, -0.05) is 34.6 Å². The molecule has 1 rings (SSSR count). The van der Waals surface area contributed by atoms with E-state index in [1.807, 2.05) is 0 Å². The van der Waals surface area contributed by atoms with Gasteiger partial charge in [0.05, 0.1) is 0 Å². The van der Waals surface area contributed by atoms with Crippen LogP contribution in [0.3, 0.4) is 0 Å². The molecule has 0 saturated carbocycles. The Bertz CT molecular complexity index is 290. The maximum absolute atomic E-state index is 8.25. The van der Waals surface area contributed by atoms with Gasteiger partial charge in [-0.15, -0.1) is 0 Å². The molecule has 0 aliphatic rings. The molecular weight excluding hydrogens is 300 g/mol. The Morgan fingerprint density at radius 1 is 0.750 bits per heavy atom. The van der Waals surface area contributed by atoms with E-state index in [4.69, 9.17) is 29.7 Å². The quantitative estimate of drug-likeness (QED) is 0.311. The minimum absolute atomic E-state index is 0. The summed E-state index contributed by atoms with van der Waals surface area (Å²) in [4.78, 5) is 24.8. The second-order valence-electron chi connectivity index (χ2n) is 3.41. The molecule has 0 unspecified atom stereocenters. The average molecular weight is 318 g/mol. The van der Waals surface area contributed by atoms with Crippen molar-refractivity contribution in [2.24, 2.45) is 0 Å². The molecule has 1 aromatic rings. The Morgan fingerprint density at radius 3 is 0.950 bits per heavy atom. The molecule has 0 aliphatic carbocycles. The molecule has 0 radical (unpaired) electrons. The van der Waals surface area contributed by atoms with Gasteiger partial charge in [0.2, 0.25) is 0 Å². The number of carbonyl (C=O) groups is 3. The minimum atomic E-state index is -0.500. The van der Waals surface area contributed by atoms with E-state index >= 15 is 0 Å². The maximum atomic E-state index is 8.25. The van der Waals surface area contributed by atoms with Crippen LogP contribution < -0.4 is 15.3 Å². The van der Waals surface area contributed by atoms with Gasteiger partial charge in [0.1, 0.15) is 0 Å². The molecule has 110 valence electrons. The monoisotopic (exact) mass is 318 g/mol. The molecule has 0 aromatic heterocycles. The van der Waals surface area contributed by atoms with Crippen molar-refractivity contribution in [3.8, 4) is 0 Å². The summed E-state index contributed by atoms with van der Waals surface area (Å²) in [7, 11) is 0. The molecule has 0 amide bonds. The first-order valence-electron chi connectivity index (χ1n) is 5.16. The van der Waals surface area contributed by atoms with E-state index in [9.17, 15) is 0 Å². The fourth-order valence-corrected chi connectivity index (χ4v) is 1.41. The summed E-state index contributed by atoms with van der Waals surface area (Å²) in [5, 5.41) is 24.8. The summed E-state index contributed by atoms with van der Waals surface area (Å²) in [5.74, 6) is 0. The van der Waals surface area contributed by atoms with E-state index in [0.717, 1.165) is 0 Å². The van der Waals surface area contributed by atoms with Gasteiger partial charge >= 0.3 is 21.7 Å². The molecular formula is C13H18O6Ti. The summed E-state index contributed by atoms with van der Waals surface area (Å²) < 4.78 is 0. The van der Waals surface area contributed by atoms with Gasteiger partial charge < -0.3 is 29.7 Å². The van der Waals surface area contributed by atoms with Crippen LogP contribution in [-0.4, -0.2) is 19.4 Å². The van der Waals surface area contributed by atoms with Gasteiger partial charge in [-0.3, -0.25) is 0 Å². The number of hydrogen-bond donors (Lipinski definition) is 0. The summed E-state index contributed by atoms with van der Waals surface area (Å²) in [6.45, 7) is 9.50. The van der Waals surface area contributed by atoms with E-state index in [-0.39, 0.29) is 21.7 Å². The van der Waals surface area contributed by atoms with Crippen molar-refractivity contribution in [3.05, 3.63) is 27.8 Å². The summed E-state index contributed by atoms with van der Waals surface area (Å²) >= 11 is 0. The SMILES string of the molecule is Cc1c(C)c(C)[c-](C)c1C.O=C[O-].O=C[O-].O=C[O-].[Ti+4]. The van der Waals surface area contributed by atoms with Gasteiger partial charge in [0.25, 0.3) is 0 Å². The molecule has 0 fully saturated rings. The van der Waals surface area contributed by atoms with Crippen molar-refractivity contribution >= 4 is 19.4 Å². The van der Waals surface area contributed by atoms with Crippen LogP contribution in [0.15, 0.2) is 0 Å². The largest absolute Gasteiger partial charge is 4.00 e. The Labute approximate surface area is 133 Å². The van der Waals surface area contributed by atoms with Crippen LogP contribution in [0, 0.1) is 34.6 Å². The predicted molar refractivity (Wildman–Crippen MR) is 63.9 cm³/mol. The Kier molecular flexibility index (Phi) is 23.5. The van der Waals surface area contributed by atoms with E-state index in [0.29, 0.717) is 0 Å². The van der Waals surface area contributed by atoms with Crippen LogP contribution in [-0.2, 0) is 36.1 Å². The molecule has 6 nitrogen and oxygen atoms in total. The molecule has 0 bridgehead atoms. The zero-order valence-corrected chi connectivity index (χ0v) is 13.7. The Morgan fingerprint density at radius 2 is 0.900 bits per heavy atom. The molecule has 0 heterocycles. The summed E-state index contributed by atoms with van der Waals surface area (Å²) in [6, 6.07) is 0. The average Bonchev–Trinajstić information content (AvgIpc) is 2.51. The number of rotatable bonds is 0. The van der Waals surface area contributed by atoms with Crippen LogP contribution >= 0.6 is 0 Å². The van der Waals surface area contributed by atoms with E-state index in [1.54, 1.807) is 0 Å². The van der Waals surface area contributed by atoms with E-state index in [1.165, 1.54) is 27.8 Å². The van der Waals surface area contributed by atoms with Crippen molar-refractivity contribution in [1.82, 2.24) is 0 Å². The molecule has 0 N–H and O–H groups in total. The first kappa shape index (κ1) is 26.9. The third-order valence-electron chi connectivity index (χ3n) is 2.81. The maximum Gasteiger partial charge on any atom is 4.00 e. The van der Waals surface area contributed by atoms with Gasteiger partial charge in [-0.2, -0.15) is 27.8 Å². The normalized spacial score (nSPS) is 7.05. The predicted octanol–water partition coefficient (Wildman–Crippen LogP) is -1.96. The summed E-state index contributed by atoms with van der Waals surface area (Å²) in [6.07, 6.45) is 0. The van der Waals surface area contributed by atoms with Crippen molar-refractivity contribution in [3.63, 3.8) is 0 Å². The Balaban J connectivity index is -0.000000108. The molecule has 1 aromatic carbocycles. The molecule has 0 spiro atoms. The molecule has 20 heavy (non-hydrogen) atoms. The smallest absolute Gasteiger partial charge is 0.554 e. The van der Waals surface area contributed by atoms with E-state index < -0.39 is 19.4 Å². The fraction of sp³-hybridized carbons (Fsp3) is 0.385. The fourth-order valence-electron chi connectivity index (χ4n) is 1.41. The molecule has 0 atom stereocenters. The van der Waals surface area contributed by atoms with Crippen LogP contribution in [0.4, 0.5) is 0 Å². The van der Waals surface area contributed by atoms with Gasteiger partial charge in [-0.05, 0) is 0 Å². The number of carboxylic acid groups (broad SMARTS) is 3. The first-order chi connectivity index (χ1) is 8.80. The second-order valence-corrected chi connectivity index (χ2v) is 3.41. The third kappa shape index (κ3) is 11.6. The zero-order chi connectivity index (χ0) is 16.0. The molecule has 0 saturated heterocycles. The standard InChI is InChI=1S/C10H15.3CH2O2.Ti/c1-6-7(2)9(4)10(5)8(6)3;3*2-1-3;/h1-5H3;3*1H,(H,2,3);/q-1;;;;+4/p-3. The van der Waals surface area contributed by atoms with E-state index in [2.05, 4.69) is 34.6 Å². The third-order valence-corrected chi connectivity index (χ3v) is 2.81. The summed E-state index contributed by atoms with van der Waals surface area (Å²) in [5.41, 5.74) is 7.34. The van der Waals surface area contributed by atoms with Gasteiger partial charge in [0.15, 0.2) is 0 Å². The van der Waals surface area contributed by atoms with Crippen molar-refractivity contribution in [2.75, 3.05) is 0 Å². The van der Waals surface area contributed by atoms with Crippen LogP contribution in [0.1, 0.15) is 27.8 Å². The molecule has 7 heteroatoms. The second kappa shape index (κ2) is 17.5. The topological polar surface area (TPSA) is 120 Å². The molecule has 0 aliphatic heterocycles. The number of hydrogen-bond acceptors (Lipinski definition) is 6. The van der Waals surface area contributed by atoms with Crippen LogP contribution in [0.25, 0.3) is 0 Å².